The number of likely N-dealkylation sites (N-methyl/N-ethyl adjacent to an activating group) is 2. The summed E-state index contributed by atoms with van der Waals surface area (Å²) >= 11 is 0. The van der Waals surface area contributed by atoms with Gasteiger partial charge in [-0.15, -0.1) is 0 Å². The zero-order valence-corrected chi connectivity index (χ0v) is 25.5. The van der Waals surface area contributed by atoms with Crippen molar-refractivity contribution in [1.82, 2.24) is 15.5 Å². The minimum absolute atomic E-state index is 0.163. The molecule has 2 rings (SSSR count). The molecule has 0 bridgehead atoms. The molecule has 0 aromatic heterocycles. The first-order chi connectivity index (χ1) is 19.5. The SMILES string of the molecule is C[C@H](NC(=O)[C@H](Cc1ccccc1)NC(=O)OC(C)(C)C)C(=O)N(C)[C@@H](Cc1ccccc1)C(=O)[N+](C)(C)CC(N)=O. The fraction of sp³-hybridized carbons (Fsp3) is 0.452. The molecular weight excluding hydrogens is 538 g/mol. The van der Waals surface area contributed by atoms with Crippen LogP contribution in [0.3, 0.4) is 0 Å². The quantitative estimate of drug-likeness (QED) is 0.325. The first kappa shape index (κ1) is 34.0. The van der Waals surface area contributed by atoms with Gasteiger partial charge in [0, 0.05) is 19.9 Å². The van der Waals surface area contributed by atoms with E-state index in [9.17, 15) is 24.0 Å². The van der Waals surface area contributed by atoms with Crippen LogP contribution < -0.4 is 16.4 Å². The summed E-state index contributed by atoms with van der Waals surface area (Å²) in [6.07, 6.45) is -0.408. The predicted molar refractivity (Wildman–Crippen MR) is 159 cm³/mol. The van der Waals surface area contributed by atoms with Gasteiger partial charge in [-0.25, -0.2) is 9.59 Å². The zero-order valence-electron chi connectivity index (χ0n) is 25.5. The fourth-order valence-electron chi connectivity index (χ4n) is 4.44. The molecule has 2 aromatic carbocycles. The van der Waals surface area contributed by atoms with Crippen LogP contribution in [0.5, 0.6) is 0 Å². The highest BCUT2D eigenvalue weighted by Crippen LogP contribution is 2.16. The normalized spacial score (nSPS) is 13.7. The largest absolute Gasteiger partial charge is 0.444 e. The van der Waals surface area contributed by atoms with Crippen LogP contribution in [0.4, 0.5) is 4.79 Å². The van der Waals surface area contributed by atoms with Gasteiger partial charge in [0.05, 0.1) is 14.1 Å². The van der Waals surface area contributed by atoms with Crippen LogP contribution in [-0.2, 0) is 36.8 Å². The summed E-state index contributed by atoms with van der Waals surface area (Å²) in [5.74, 6) is -2.15. The van der Waals surface area contributed by atoms with Crippen LogP contribution in [0.15, 0.2) is 60.7 Å². The second-order valence-corrected chi connectivity index (χ2v) is 11.9. The number of alkyl carbamates (subject to hydrolysis) is 1. The number of nitrogens with one attached hydrogen (secondary N) is 2. The number of hydrogen-bond acceptors (Lipinski definition) is 6. The monoisotopic (exact) mass is 582 g/mol. The van der Waals surface area contributed by atoms with Crippen molar-refractivity contribution in [2.45, 2.75) is 64.3 Å². The summed E-state index contributed by atoms with van der Waals surface area (Å²) < 4.78 is 4.99. The van der Waals surface area contributed by atoms with E-state index in [1.807, 2.05) is 60.7 Å². The Kier molecular flexibility index (Phi) is 11.8. The standard InChI is InChI=1S/C31H43N5O6/c1-21(33-27(38)24(18-22-14-10-8-11-15-22)34-30(41)42-31(2,3)4)28(39)35(5)25(19-23-16-12-9-13-17-23)29(40)36(6,7)20-26(32)37/h8-17,21,24-25H,18-20H2,1-7H3,(H3-,32,33,34,37,38,41)/p+1/t21-,24-,25-/m0/s1. The molecule has 3 atom stereocenters. The summed E-state index contributed by atoms with van der Waals surface area (Å²) in [4.78, 5) is 66.1. The van der Waals surface area contributed by atoms with Crippen molar-refractivity contribution in [3.05, 3.63) is 71.8 Å². The van der Waals surface area contributed by atoms with Gasteiger partial charge in [0.15, 0.2) is 12.6 Å². The van der Waals surface area contributed by atoms with Crippen LogP contribution in [0.25, 0.3) is 0 Å². The lowest BCUT2D eigenvalue weighted by Crippen LogP contribution is -2.61. The van der Waals surface area contributed by atoms with Crippen LogP contribution >= 0.6 is 0 Å². The second-order valence-electron chi connectivity index (χ2n) is 11.9. The topological polar surface area (TPSA) is 148 Å². The first-order valence-corrected chi connectivity index (χ1v) is 13.8. The maximum atomic E-state index is 13.7. The molecule has 4 N–H and O–H groups in total. The molecule has 0 unspecified atom stereocenters. The van der Waals surface area contributed by atoms with Crippen LogP contribution in [0.1, 0.15) is 38.8 Å². The van der Waals surface area contributed by atoms with Gasteiger partial charge in [-0.3, -0.25) is 18.9 Å². The van der Waals surface area contributed by atoms with Gasteiger partial charge in [-0.05, 0) is 38.8 Å². The number of benzene rings is 2. The summed E-state index contributed by atoms with van der Waals surface area (Å²) in [7, 11) is 4.61. The Morgan fingerprint density at radius 2 is 1.38 bits per heavy atom. The third-order valence-electron chi connectivity index (χ3n) is 6.54. The van der Waals surface area contributed by atoms with Crippen molar-refractivity contribution < 1.29 is 33.2 Å². The molecule has 0 fully saturated rings. The second kappa shape index (κ2) is 14.6. The highest BCUT2D eigenvalue weighted by molar-refractivity contribution is 5.93. The lowest BCUT2D eigenvalue weighted by molar-refractivity contribution is -0.806. The van der Waals surface area contributed by atoms with Gasteiger partial charge in [0.1, 0.15) is 17.7 Å². The molecule has 0 aliphatic rings. The number of nitrogens with two attached hydrogens (primary N) is 1. The lowest BCUT2D eigenvalue weighted by atomic mass is 10.0. The molecular formula is C31H44N5O6+. The Morgan fingerprint density at radius 1 is 0.881 bits per heavy atom. The number of hydrogen-bond donors (Lipinski definition) is 3. The summed E-state index contributed by atoms with van der Waals surface area (Å²) in [5.41, 5.74) is 6.23. The third-order valence-corrected chi connectivity index (χ3v) is 6.54. The third kappa shape index (κ3) is 10.6. The molecule has 2 aromatic rings. The highest BCUT2D eigenvalue weighted by Gasteiger charge is 2.40. The maximum absolute atomic E-state index is 13.7. The Balaban J connectivity index is 2.27. The lowest BCUT2D eigenvalue weighted by Gasteiger charge is -2.35. The Hall–Kier alpha value is -4.25. The molecule has 0 aliphatic heterocycles. The Bertz CT molecular complexity index is 1240. The van der Waals surface area contributed by atoms with E-state index in [1.165, 1.54) is 18.9 Å². The summed E-state index contributed by atoms with van der Waals surface area (Å²) in [6, 6.07) is 15.3. The summed E-state index contributed by atoms with van der Waals surface area (Å²) in [6.45, 7) is 6.41. The van der Waals surface area contributed by atoms with Gasteiger partial charge >= 0.3 is 12.0 Å². The van der Waals surface area contributed by atoms with E-state index in [0.717, 1.165) is 11.1 Å². The maximum Gasteiger partial charge on any atom is 0.408 e. The van der Waals surface area contributed by atoms with E-state index in [4.69, 9.17) is 10.5 Å². The molecule has 0 radical (unpaired) electrons. The van der Waals surface area contributed by atoms with Crippen LogP contribution in [0.2, 0.25) is 0 Å². The molecule has 42 heavy (non-hydrogen) atoms. The minimum Gasteiger partial charge on any atom is -0.444 e. The van der Waals surface area contributed by atoms with Crippen molar-refractivity contribution in [1.29, 1.82) is 0 Å². The number of nitrogens with zero attached hydrogens (tertiary/aromatic N) is 2. The number of carbonyl (C=O) groups excluding carboxylic acids is 5. The molecule has 11 nitrogen and oxygen atoms in total. The van der Waals surface area contributed by atoms with E-state index in [0.29, 0.717) is 0 Å². The van der Waals surface area contributed by atoms with Gasteiger partial charge < -0.3 is 26.0 Å². The van der Waals surface area contributed by atoms with Gasteiger partial charge in [0.25, 0.3) is 5.91 Å². The number of quaternary nitrogens is 1. The number of ether oxygens (including phenoxy) is 1. The van der Waals surface area contributed by atoms with Gasteiger partial charge in [-0.1, -0.05) is 60.7 Å². The number of amides is 5. The molecule has 11 heteroatoms. The average molecular weight is 583 g/mol. The highest BCUT2D eigenvalue weighted by atomic mass is 16.6. The van der Waals surface area contributed by atoms with Crippen LogP contribution in [0, 0.1) is 0 Å². The van der Waals surface area contributed by atoms with Crippen molar-refractivity contribution >= 4 is 29.7 Å². The molecule has 0 heterocycles. The van der Waals surface area contributed by atoms with Gasteiger partial charge in [-0.2, -0.15) is 0 Å². The fourth-order valence-corrected chi connectivity index (χ4v) is 4.44. The van der Waals surface area contributed by atoms with Crippen molar-refractivity contribution in [2.75, 3.05) is 27.7 Å². The Labute approximate surface area is 248 Å². The Morgan fingerprint density at radius 3 is 1.86 bits per heavy atom. The first-order valence-electron chi connectivity index (χ1n) is 13.8. The van der Waals surface area contributed by atoms with Crippen molar-refractivity contribution in [3.63, 3.8) is 0 Å². The van der Waals surface area contributed by atoms with Crippen LogP contribution in [-0.4, -0.2) is 90.5 Å². The van der Waals surface area contributed by atoms with E-state index < -0.39 is 47.5 Å². The van der Waals surface area contributed by atoms with Crippen molar-refractivity contribution in [3.8, 4) is 0 Å². The van der Waals surface area contributed by atoms with E-state index in [2.05, 4.69) is 10.6 Å². The number of carbonyl (C=O) groups is 5. The molecule has 228 valence electrons. The van der Waals surface area contributed by atoms with E-state index in [-0.39, 0.29) is 29.8 Å². The number of primary amides is 1. The molecule has 0 saturated carbocycles. The minimum atomic E-state index is -1.04. The van der Waals surface area contributed by atoms with E-state index >= 15 is 0 Å². The zero-order chi connectivity index (χ0) is 31.7. The predicted octanol–water partition coefficient (Wildman–Crippen LogP) is 1.79. The smallest absolute Gasteiger partial charge is 0.408 e. The molecule has 0 saturated heterocycles. The number of rotatable bonds is 12. The molecule has 0 aliphatic carbocycles. The van der Waals surface area contributed by atoms with Gasteiger partial charge in [0.2, 0.25) is 11.8 Å². The average Bonchev–Trinajstić information content (AvgIpc) is 2.89. The molecule has 5 amide bonds. The molecule has 0 spiro atoms. The summed E-state index contributed by atoms with van der Waals surface area (Å²) in [5, 5.41) is 5.30. The van der Waals surface area contributed by atoms with Crippen molar-refractivity contribution in [2.24, 2.45) is 5.73 Å². The van der Waals surface area contributed by atoms with E-state index in [1.54, 1.807) is 34.9 Å².